The normalized spacial score (nSPS) is 17.1. The summed E-state index contributed by atoms with van der Waals surface area (Å²) in [5, 5.41) is 16.4. The number of aromatic amines is 1. The Bertz CT molecular complexity index is 646. The Balaban J connectivity index is 2.26. The molecular weight excluding hydrogens is 230 g/mol. The molecule has 0 saturated heterocycles. The van der Waals surface area contributed by atoms with Crippen LogP contribution in [-0.4, -0.2) is 21.2 Å². The fraction of sp³-hybridized carbons (Fsp3) is 0.231. The lowest BCUT2D eigenvalue weighted by Gasteiger charge is -2.21. The molecule has 5 heteroatoms. The number of carbonyl (C=O) groups excluding carboxylic acids is 1. The van der Waals surface area contributed by atoms with E-state index in [-0.39, 0.29) is 11.7 Å². The Morgan fingerprint density at radius 3 is 3.06 bits per heavy atom. The van der Waals surface area contributed by atoms with E-state index in [1.807, 2.05) is 13.0 Å². The van der Waals surface area contributed by atoms with Crippen molar-refractivity contribution in [3.05, 3.63) is 35.0 Å². The lowest BCUT2D eigenvalue weighted by Crippen LogP contribution is -2.17. The van der Waals surface area contributed by atoms with Crippen molar-refractivity contribution in [2.75, 3.05) is 0 Å². The first-order chi connectivity index (χ1) is 8.58. The highest BCUT2D eigenvalue weighted by molar-refractivity contribution is 5.95. The molecular formula is C13H13N3O2. The van der Waals surface area contributed by atoms with Crippen LogP contribution in [-0.2, 0) is 6.42 Å². The zero-order valence-electron chi connectivity index (χ0n) is 9.90. The van der Waals surface area contributed by atoms with Crippen molar-refractivity contribution >= 4 is 5.91 Å². The van der Waals surface area contributed by atoms with Crippen LogP contribution in [0.25, 0.3) is 11.3 Å². The summed E-state index contributed by atoms with van der Waals surface area (Å²) in [6, 6.07) is 5.19. The first-order valence-corrected chi connectivity index (χ1v) is 5.78. The molecule has 5 nitrogen and oxygen atoms in total. The second kappa shape index (κ2) is 3.60. The van der Waals surface area contributed by atoms with Crippen molar-refractivity contribution < 1.29 is 9.90 Å². The van der Waals surface area contributed by atoms with E-state index in [1.165, 1.54) is 0 Å². The van der Waals surface area contributed by atoms with Gasteiger partial charge in [-0.05, 0) is 36.1 Å². The van der Waals surface area contributed by atoms with E-state index < -0.39 is 5.91 Å². The van der Waals surface area contributed by atoms with Gasteiger partial charge in [0.25, 0.3) is 5.91 Å². The van der Waals surface area contributed by atoms with Gasteiger partial charge in [0, 0.05) is 11.1 Å². The highest BCUT2D eigenvalue weighted by Crippen LogP contribution is 2.40. The number of carbonyl (C=O) groups is 1. The number of phenolic OH excluding ortho intramolecular Hbond substituents is 1. The van der Waals surface area contributed by atoms with Crippen LogP contribution < -0.4 is 5.73 Å². The quantitative estimate of drug-likeness (QED) is 0.709. The maximum Gasteiger partial charge on any atom is 0.267 e. The number of aromatic hydroxyl groups is 1. The van der Waals surface area contributed by atoms with Crippen LogP contribution in [0.1, 0.15) is 34.5 Å². The second-order valence-electron chi connectivity index (χ2n) is 4.67. The summed E-state index contributed by atoms with van der Waals surface area (Å²) in [7, 11) is 0. The Kier molecular flexibility index (Phi) is 2.16. The van der Waals surface area contributed by atoms with Crippen molar-refractivity contribution in [3.8, 4) is 17.0 Å². The summed E-state index contributed by atoms with van der Waals surface area (Å²) in [6.45, 7) is 2.02. The summed E-state index contributed by atoms with van der Waals surface area (Å²) in [4.78, 5) is 11.4. The molecule has 0 spiro atoms. The minimum atomic E-state index is -0.488. The SMILES string of the molecule is CC1Cc2cc(O)ccc2-c2n[nH]c(C(N)=O)c21. The maximum atomic E-state index is 11.4. The lowest BCUT2D eigenvalue weighted by atomic mass is 9.82. The van der Waals surface area contributed by atoms with Crippen LogP contribution >= 0.6 is 0 Å². The van der Waals surface area contributed by atoms with Gasteiger partial charge >= 0.3 is 0 Å². The van der Waals surface area contributed by atoms with Crippen LogP contribution in [0.5, 0.6) is 5.75 Å². The van der Waals surface area contributed by atoms with Gasteiger partial charge < -0.3 is 10.8 Å². The highest BCUT2D eigenvalue weighted by Gasteiger charge is 2.29. The number of nitrogens with zero attached hydrogens (tertiary/aromatic N) is 1. The number of H-pyrrole nitrogens is 1. The molecule has 1 atom stereocenters. The largest absolute Gasteiger partial charge is 0.508 e. The Hall–Kier alpha value is -2.30. The van der Waals surface area contributed by atoms with Gasteiger partial charge in [-0.15, -0.1) is 0 Å². The molecule has 1 unspecified atom stereocenters. The van der Waals surface area contributed by atoms with Crippen LogP contribution in [0, 0.1) is 0 Å². The zero-order valence-corrected chi connectivity index (χ0v) is 9.90. The van der Waals surface area contributed by atoms with Gasteiger partial charge in [-0.3, -0.25) is 9.89 Å². The van der Waals surface area contributed by atoms with Crippen molar-refractivity contribution in [3.63, 3.8) is 0 Å². The zero-order chi connectivity index (χ0) is 12.9. The molecule has 1 amide bonds. The monoisotopic (exact) mass is 243 g/mol. The third kappa shape index (κ3) is 1.40. The highest BCUT2D eigenvalue weighted by atomic mass is 16.3. The Morgan fingerprint density at radius 2 is 2.33 bits per heavy atom. The van der Waals surface area contributed by atoms with E-state index in [9.17, 15) is 9.90 Å². The van der Waals surface area contributed by atoms with E-state index in [2.05, 4.69) is 10.2 Å². The molecule has 1 aromatic heterocycles. The van der Waals surface area contributed by atoms with Gasteiger partial charge in [0.15, 0.2) is 0 Å². The number of fused-ring (bicyclic) bond motifs is 3. The van der Waals surface area contributed by atoms with Crippen LogP contribution in [0.3, 0.4) is 0 Å². The van der Waals surface area contributed by atoms with Gasteiger partial charge in [0.2, 0.25) is 0 Å². The molecule has 4 N–H and O–H groups in total. The number of primary amides is 1. The Labute approximate surface area is 104 Å². The van der Waals surface area contributed by atoms with Gasteiger partial charge in [-0.25, -0.2) is 0 Å². The van der Waals surface area contributed by atoms with Gasteiger partial charge in [-0.1, -0.05) is 6.92 Å². The van der Waals surface area contributed by atoms with Crippen LogP contribution in [0.2, 0.25) is 0 Å². The van der Waals surface area contributed by atoms with Gasteiger partial charge in [0.05, 0.1) is 5.69 Å². The third-order valence-corrected chi connectivity index (χ3v) is 3.41. The fourth-order valence-electron chi connectivity index (χ4n) is 2.64. The van der Waals surface area contributed by atoms with Crippen molar-refractivity contribution in [1.82, 2.24) is 10.2 Å². The summed E-state index contributed by atoms with van der Waals surface area (Å²) in [5.74, 6) is -0.0940. The molecule has 3 rings (SSSR count). The topological polar surface area (TPSA) is 92.0 Å². The molecule has 2 aromatic rings. The van der Waals surface area contributed by atoms with Crippen molar-refractivity contribution in [2.24, 2.45) is 5.73 Å². The molecule has 1 aliphatic rings. The van der Waals surface area contributed by atoms with E-state index in [4.69, 9.17) is 5.73 Å². The van der Waals surface area contributed by atoms with E-state index in [1.54, 1.807) is 12.1 Å². The number of nitrogens with one attached hydrogen (secondary N) is 1. The van der Waals surface area contributed by atoms with E-state index in [0.717, 1.165) is 28.8 Å². The van der Waals surface area contributed by atoms with Crippen LogP contribution in [0.4, 0.5) is 0 Å². The molecule has 92 valence electrons. The number of rotatable bonds is 1. The molecule has 1 heterocycles. The van der Waals surface area contributed by atoms with E-state index >= 15 is 0 Å². The first-order valence-electron chi connectivity index (χ1n) is 5.78. The molecule has 0 saturated carbocycles. The number of amides is 1. The maximum absolute atomic E-state index is 11.4. The van der Waals surface area contributed by atoms with Crippen LogP contribution in [0.15, 0.2) is 18.2 Å². The predicted molar refractivity (Wildman–Crippen MR) is 66.3 cm³/mol. The molecule has 18 heavy (non-hydrogen) atoms. The summed E-state index contributed by atoms with van der Waals surface area (Å²) in [6.07, 6.45) is 0.760. The number of hydrogen-bond acceptors (Lipinski definition) is 3. The van der Waals surface area contributed by atoms with Gasteiger partial charge in [-0.2, -0.15) is 5.10 Å². The predicted octanol–water partition coefficient (Wildman–Crippen LogP) is 1.54. The number of aromatic nitrogens is 2. The fourth-order valence-corrected chi connectivity index (χ4v) is 2.64. The summed E-state index contributed by atoms with van der Waals surface area (Å²) in [5.41, 5.74) is 9.35. The first kappa shape index (κ1) is 10.8. The number of phenols is 1. The molecule has 0 bridgehead atoms. The molecule has 0 fully saturated rings. The third-order valence-electron chi connectivity index (χ3n) is 3.41. The lowest BCUT2D eigenvalue weighted by molar-refractivity contribution is 0.0994. The summed E-state index contributed by atoms with van der Waals surface area (Å²) < 4.78 is 0. The van der Waals surface area contributed by atoms with Gasteiger partial charge in [0.1, 0.15) is 11.4 Å². The van der Waals surface area contributed by atoms with Crippen molar-refractivity contribution in [1.29, 1.82) is 0 Å². The number of nitrogens with two attached hydrogens (primary N) is 1. The molecule has 0 radical (unpaired) electrons. The minimum Gasteiger partial charge on any atom is -0.508 e. The average Bonchev–Trinajstić information content (AvgIpc) is 2.73. The molecule has 1 aliphatic carbocycles. The smallest absolute Gasteiger partial charge is 0.267 e. The molecule has 1 aromatic carbocycles. The Morgan fingerprint density at radius 1 is 1.56 bits per heavy atom. The standard InChI is InChI=1S/C13H13N3O2/c1-6-4-7-5-8(17)2-3-9(7)11-10(6)12(13(14)18)16-15-11/h2-3,5-6,17H,4H2,1H3,(H2,14,18)(H,15,16). The molecule has 0 aliphatic heterocycles. The van der Waals surface area contributed by atoms with Crippen molar-refractivity contribution in [2.45, 2.75) is 19.3 Å². The number of hydrogen-bond donors (Lipinski definition) is 3. The summed E-state index contributed by atoms with van der Waals surface area (Å²) >= 11 is 0. The minimum absolute atomic E-state index is 0.149. The van der Waals surface area contributed by atoms with E-state index in [0.29, 0.717) is 5.69 Å². The second-order valence-corrected chi connectivity index (χ2v) is 4.67. The number of benzene rings is 1. The average molecular weight is 243 g/mol.